The van der Waals surface area contributed by atoms with Gasteiger partial charge in [-0.25, -0.2) is 4.89 Å². The van der Waals surface area contributed by atoms with Gasteiger partial charge in [0.25, 0.3) is 5.97 Å². The number of aliphatic carboxylic acids is 1. The Labute approximate surface area is 96.4 Å². The van der Waals surface area contributed by atoms with Gasteiger partial charge in [-0.1, -0.05) is 36.4 Å². The molecule has 0 atom stereocenters. The van der Waals surface area contributed by atoms with E-state index in [1.807, 2.05) is 36.4 Å². The quantitative estimate of drug-likeness (QED) is 0.529. The van der Waals surface area contributed by atoms with E-state index in [-0.39, 0.29) is 0 Å². The number of benzene rings is 1. The average Bonchev–Trinajstić information content (AvgIpc) is 2.19. The van der Waals surface area contributed by atoms with Crippen LogP contribution >= 0.6 is 0 Å². The van der Waals surface area contributed by atoms with E-state index < -0.39 is 11.6 Å². The number of hydrogen-bond acceptors (Lipinski definition) is 3. The van der Waals surface area contributed by atoms with Crippen molar-refractivity contribution in [3.05, 3.63) is 36.4 Å². The van der Waals surface area contributed by atoms with Crippen molar-refractivity contribution in [2.24, 2.45) is 0 Å². The first kappa shape index (κ1) is 17.0. The van der Waals surface area contributed by atoms with Crippen molar-refractivity contribution >= 4 is 5.97 Å². The summed E-state index contributed by atoms with van der Waals surface area (Å²) in [5.41, 5.74) is -0.403. The van der Waals surface area contributed by atoms with Crippen LogP contribution in [0.15, 0.2) is 36.4 Å². The summed E-state index contributed by atoms with van der Waals surface area (Å²) >= 11 is 0. The van der Waals surface area contributed by atoms with Gasteiger partial charge in [-0.2, -0.15) is 0 Å². The second-order valence-electron chi connectivity index (χ2n) is 3.88. The average molecular weight is 228 g/mol. The van der Waals surface area contributed by atoms with Gasteiger partial charge in [0, 0.05) is 6.92 Å². The Kier molecular flexibility index (Phi) is 10.8. The van der Waals surface area contributed by atoms with Crippen LogP contribution in [0.5, 0.6) is 0 Å². The van der Waals surface area contributed by atoms with E-state index >= 15 is 0 Å². The van der Waals surface area contributed by atoms with Gasteiger partial charge in [0.1, 0.15) is 0 Å². The van der Waals surface area contributed by atoms with Gasteiger partial charge < -0.3 is 5.11 Å². The van der Waals surface area contributed by atoms with Crippen LogP contribution in [0.1, 0.15) is 27.7 Å². The third-order valence-corrected chi connectivity index (χ3v) is 0.941. The molecule has 4 nitrogen and oxygen atoms in total. The topological polar surface area (TPSA) is 66.8 Å². The Morgan fingerprint density at radius 2 is 1.12 bits per heavy atom. The molecule has 0 fully saturated rings. The fourth-order valence-electron chi connectivity index (χ4n) is 0.385. The SMILES string of the molecule is CC(=O)O.CC(C)(C)OO.c1ccccc1. The fraction of sp³-hybridized carbons (Fsp3) is 0.417. The maximum absolute atomic E-state index is 9.00. The van der Waals surface area contributed by atoms with Crippen LogP contribution in [0, 0.1) is 0 Å². The lowest BCUT2D eigenvalue weighted by atomic mass is 10.2. The first-order valence-electron chi connectivity index (χ1n) is 4.81. The number of carbonyl (C=O) groups is 1. The lowest BCUT2D eigenvalue weighted by Crippen LogP contribution is -2.15. The van der Waals surface area contributed by atoms with Crippen LogP contribution in [0.4, 0.5) is 0 Å². The molecule has 0 heterocycles. The minimum Gasteiger partial charge on any atom is -0.481 e. The molecule has 0 saturated heterocycles. The molecular weight excluding hydrogens is 208 g/mol. The van der Waals surface area contributed by atoms with Gasteiger partial charge in [-0.3, -0.25) is 10.1 Å². The Morgan fingerprint density at radius 1 is 1.00 bits per heavy atom. The highest BCUT2D eigenvalue weighted by Crippen LogP contribution is 2.01. The molecular formula is C12H20O4. The second-order valence-corrected chi connectivity index (χ2v) is 3.88. The van der Waals surface area contributed by atoms with Crippen molar-refractivity contribution in [3.8, 4) is 0 Å². The first-order valence-corrected chi connectivity index (χ1v) is 4.81. The molecule has 4 heteroatoms. The zero-order chi connectivity index (χ0) is 13.0. The maximum atomic E-state index is 9.00. The van der Waals surface area contributed by atoms with E-state index in [4.69, 9.17) is 15.2 Å². The molecule has 0 aromatic heterocycles. The third-order valence-electron chi connectivity index (χ3n) is 0.941. The molecule has 1 aromatic rings. The van der Waals surface area contributed by atoms with E-state index in [0.717, 1.165) is 6.92 Å². The molecule has 0 aliphatic rings. The van der Waals surface area contributed by atoms with Crippen LogP contribution in [0.3, 0.4) is 0 Å². The van der Waals surface area contributed by atoms with E-state index in [2.05, 4.69) is 4.89 Å². The van der Waals surface area contributed by atoms with Gasteiger partial charge in [-0.15, -0.1) is 0 Å². The molecule has 0 bridgehead atoms. The van der Waals surface area contributed by atoms with Crippen LogP contribution in [0.25, 0.3) is 0 Å². The highest BCUT2D eigenvalue weighted by Gasteiger charge is 2.06. The summed E-state index contributed by atoms with van der Waals surface area (Å²) in [6, 6.07) is 12.0. The molecule has 0 radical (unpaired) electrons. The third kappa shape index (κ3) is 29.4. The van der Waals surface area contributed by atoms with Gasteiger partial charge in [0.2, 0.25) is 0 Å². The summed E-state index contributed by atoms with van der Waals surface area (Å²) in [6.07, 6.45) is 0. The van der Waals surface area contributed by atoms with Crippen molar-refractivity contribution in [2.75, 3.05) is 0 Å². The van der Waals surface area contributed by atoms with Crippen LogP contribution in [0.2, 0.25) is 0 Å². The Balaban J connectivity index is 0. The van der Waals surface area contributed by atoms with E-state index in [9.17, 15) is 0 Å². The monoisotopic (exact) mass is 228 g/mol. The zero-order valence-electron chi connectivity index (χ0n) is 10.2. The van der Waals surface area contributed by atoms with Crippen LogP contribution < -0.4 is 0 Å². The molecule has 0 amide bonds. The van der Waals surface area contributed by atoms with Crippen molar-refractivity contribution in [3.63, 3.8) is 0 Å². The molecule has 0 spiro atoms. The summed E-state index contributed by atoms with van der Waals surface area (Å²) in [4.78, 5) is 12.9. The second kappa shape index (κ2) is 10.1. The Bertz CT molecular complexity index is 221. The largest absolute Gasteiger partial charge is 0.481 e. The van der Waals surface area contributed by atoms with Crippen LogP contribution in [-0.4, -0.2) is 21.9 Å². The number of hydrogen-bond donors (Lipinski definition) is 2. The summed E-state index contributed by atoms with van der Waals surface area (Å²) < 4.78 is 0. The highest BCUT2D eigenvalue weighted by molar-refractivity contribution is 5.62. The summed E-state index contributed by atoms with van der Waals surface area (Å²) in [5, 5.41) is 15.3. The lowest BCUT2D eigenvalue weighted by Gasteiger charge is -2.10. The standard InChI is InChI=1S/C6H6.C4H10O2.C2H4O2/c1-2-4-6-5-3-1;1-4(2,3)6-5;1-2(3)4/h1-6H;5H,1-3H3;1H3,(H,3,4). The minimum absolute atomic E-state index is 0.403. The zero-order valence-corrected chi connectivity index (χ0v) is 10.2. The Morgan fingerprint density at radius 3 is 1.19 bits per heavy atom. The van der Waals surface area contributed by atoms with Crippen molar-refractivity contribution < 1.29 is 20.0 Å². The fourth-order valence-corrected chi connectivity index (χ4v) is 0.385. The highest BCUT2D eigenvalue weighted by atomic mass is 17.1. The number of carboxylic acid groups (broad SMARTS) is 1. The maximum Gasteiger partial charge on any atom is 0.300 e. The smallest absolute Gasteiger partial charge is 0.300 e. The van der Waals surface area contributed by atoms with E-state index in [1.54, 1.807) is 20.8 Å². The number of rotatable bonds is 0. The van der Waals surface area contributed by atoms with Gasteiger partial charge in [0.05, 0.1) is 5.60 Å². The van der Waals surface area contributed by atoms with Gasteiger partial charge >= 0.3 is 0 Å². The molecule has 0 aliphatic heterocycles. The summed E-state index contributed by atoms with van der Waals surface area (Å²) in [7, 11) is 0. The molecule has 1 aromatic carbocycles. The van der Waals surface area contributed by atoms with Gasteiger partial charge in [-0.05, 0) is 20.8 Å². The molecule has 0 aliphatic carbocycles. The summed E-state index contributed by atoms with van der Waals surface area (Å²) in [6.45, 7) is 6.40. The van der Waals surface area contributed by atoms with Gasteiger partial charge in [0.15, 0.2) is 0 Å². The van der Waals surface area contributed by atoms with Crippen molar-refractivity contribution in [1.29, 1.82) is 0 Å². The Hall–Kier alpha value is -1.39. The molecule has 0 unspecified atom stereocenters. The van der Waals surface area contributed by atoms with Crippen molar-refractivity contribution in [2.45, 2.75) is 33.3 Å². The molecule has 1 rings (SSSR count). The first-order chi connectivity index (χ1) is 7.29. The molecule has 2 N–H and O–H groups in total. The van der Waals surface area contributed by atoms with Crippen LogP contribution in [-0.2, 0) is 9.68 Å². The predicted molar refractivity (Wildman–Crippen MR) is 63.2 cm³/mol. The van der Waals surface area contributed by atoms with Crippen molar-refractivity contribution in [1.82, 2.24) is 0 Å². The lowest BCUT2D eigenvalue weighted by molar-refractivity contribution is -0.306. The number of carboxylic acids is 1. The molecule has 16 heavy (non-hydrogen) atoms. The normalized spacial score (nSPS) is 9.06. The van der Waals surface area contributed by atoms with E-state index in [1.165, 1.54) is 0 Å². The molecule has 0 saturated carbocycles. The molecule has 92 valence electrons. The summed E-state index contributed by atoms with van der Waals surface area (Å²) in [5.74, 6) is -0.833. The van der Waals surface area contributed by atoms with E-state index in [0.29, 0.717) is 0 Å². The minimum atomic E-state index is -0.833. The predicted octanol–water partition coefficient (Wildman–Crippen LogP) is 3.05.